The molecule has 2 aliphatic heterocycles. The molecule has 148 valence electrons. The van der Waals surface area contributed by atoms with E-state index in [9.17, 15) is 12.8 Å². The van der Waals surface area contributed by atoms with Gasteiger partial charge in [-0.15, -0.1) is 0 Å². The van der Waals surface area contributed by atoms with E-state index in [-0.39, 0.29) is 28.6 Å². The second kappa shape index (κ2) is 7.75. The molecule has 0 N–H and O–H groups in total. The molecule has 2 aliphatic rings. The highest BCUT2D eigenvalue weighted by molar-refractivity contribution is 8.15. The molecule has 0 aromatic heterocycles. The minimum absolute atomic E-state index is 0.0641. The summed E-state index contributed by atoms with van der Waals surface area (Å²) in [6, 6.07) is 14.0. The Labute approximate surface area is 168 Å². The van der Waals surface area contributed by atoms with E-state index in [1.165, 1.54) is 17.8 Å². The fourth-order valence-corrected chi connectivity index (χ4v) is 7.21. The molecule has 0 radical (unpaired) electrons. The van der Waals surface area contributed by atoms with Crippen LogP contribution in [-0.4, -0.2) is 43.0 Å². The maximum atomic E-state index is 14.3. The summed E-state index contributed by atoms with van der Waals surface area (Å²) in [5, 5.41) is 0.670. The van der Waals surface area contributed by atoms with Crippen LogP contribution in [0.5, 0.6) is 5.75 Å². The summed E-state index contributed by atoms with van der Waals surface area (Å²) in [5.41, 5.74) is 1.42. The number of sulfone groups is 1. The lowest BCUT2D eigenvalue weighted by molar-refractivity contribution is 0.340. The second-order valence-corrected chi connectivity index (χ2v) is 10.2. The number of aliphatic imine (C=N–C) groups is 1. The van der Waals surface area contributed by atoms with E-state index in [0.29, 0.717) is 18.7 Å². The van der Waals surface area contributed by atoms with Gasteiger partial charge in [-0.05, 0) is 37.3 Å². The third kappa shape index (κ3) is 4.03. The van der Waals surface area contributed by atoms with Crippen LogP contribution in [-0.2, 0) is 16.4 Å². The van der Waals surface area contributed by atoms with Crippen molar-refractivity contribution in [1.82, 2.24) is 0 Å². The molecular formula is C20H21FN2O3S2. The van der Waals surface area contributed by atoms with E-state index < -0.39 is 9.84 Å². The third-order valence-electron chi connectivity index (χ3n) is 4.78. The van der Waals surface area contributed by atoms with Crippen LogP contribution >= 0.6 is 11.8 Å². The topological polar surface area (TPSA) is 59.0 Å². The predicted octanol–water partition coefficient (Wildman–Crippen LogP) is 3.50. The van der Waals surface area contributed by atoms with Gasteiger partial charge in [0.1, 0.15) is 11.6 Å². The quantitative estimate of drug-likeness (QED) is 0.741. The van der Waals surface area contributed by atoms with Crippen LogP contribution in [0.25, 0.3) is 0 Å². The zero-order chi connectivity index (χ0) is 19.7. The van der Waals surface area contributed by atoms with Crippen LogP contribution in [0.4, 0.5) is 10.1 Å². The Bertz CT molecular complexity index is 993. The third-order valence-corrected chi connectivity index (χ3v) is 8.03. The van der Waals surface area contributed by atoms with E-state index in [4.69, 9.17) is 4.74 Å². The highest BCUT2D eigenvalue weighted by atomic mass is 32.2. The summed E-state index contributed by atoms with van der Waals surface area (Å²) in [5.74, 6) is 0.725. The monoisotopic (exact) mass is 420 g/mol. The van der Waals surface area contributed by atoms with Crippen LogP contribution in [0.15, 0.2) is 53.5 Å². The molecule has 0 saturated carbocycles. The molecule has 0 amide bonds. The van der Waals surface area contributed by atoms with Crippen molar-refractivity contribution >= 4 is 32.5 Å². The highest BCUT2D eigenvalue weighted by Crippen LogP contribution is 2.37. The van der Waals surface area contributed by atoms with E-state index >= 15 is 0 Å². The molecule has 0 aliphatic carbocycles. The van der Waals surface area contributed by atoms with Gasteiger partial charge < -0.3 is 9.64 Å². The molecule has 0 bridgehead atoms. The van der Waals surface area contributed by atoms with Crippen molar-refractivity contribution in [3.05, 3.63) is 59.9 Å². The molecule has 1 fully saturated rings. The normalized spacial score (nSPS) is 22.6. The van der Waals surface area contributed by atoms with Crippen molar-refractivity contribution in [2.45, 2.75) is 24.8 Å². The van der Waals surface area contributed by atoms with Crippen LogP contribution in [0.3, 0.4) is 0 Å². The highest BCUT2D eigenvalue weighted by Gasteiger charge is 2.44. The molecule has 2 aromatic rings. The van der Waals surface area contributed by atoms with Gasteiger partial charge in [0.15, 0.2) is 15.0 Å². The number of halogens is 1. The molecule has 28 heavy (non-hydrogen) atoms. The number of ether oxygens (including phenoxy) is 1. The molecule has 2 aromatic carbocycles. The number of nitrogens with zero attached hydrogens (tertiary/aromatic N) is 2. The van der Waals surface area contributed by atoms with Gasteiger partial charge in [-0.1, -0.05) is 30.0 Å². The first-order valence-corrected chi connectivity index (χ1v) is 11.8. The average molecular weight is 421 g/mol. The number of rotatable bonds is 5. The summed E-state index contributed by atoms with van der Waals surface area (Å²) in [6.07, 6.45) is 0. The van der Waals surface area contributed by atoms with Gasteiger partial charge in [0.25, 0.3) is 0 Å². The van der Waals surface area contributed by atoms with Crippen LogP contribution in [0.1, 0.15) is 12.5 Å². The number of fused-ring (bicyclic) bond motifs is 1. The largest absolute Gasteiger partial charge is 0.494 e. The predicted molar refractivity (Wildman–Crippen MR) is 111 cm³/mol. The lowest BCUT2D eigenvalue weighted by Crippen LogP contribution is -2.28. The standard InChI is InChI=1S/C20H21FN2O3S2/c1-2-26-16-9-7-15(8-10-16)23(11-14-5-3-4-6-17(14)21)20-22-18-12-28(24,25)13-19(18)27-20/h3-10,18-19H,2,11-13H2,1H3/t18-,19-/m1/s1. The van der Waals surface area contributed by atoms with Crippen LogP contribution in [0, 0.1) is 5.82 Å². The first-order valence-electron chi connectivity index (χ1n) is 9.14. The summed E-state index contributed by atoms with van der Waals surface area (Å²) in [4.78, 5) is 6.63. The molecule has 8 heteroatoms. The van der Waals surface area contributed by atoms with Gasteiger partial charge in [0.05, 0.1) is 30.7 Å². The number of hydrogen-bond acceptors (Lipinski definition) is 6. The zero-order valence-electron chi connectivity index (χ0n) is 15.4. The Morgan fingerprint density at radius 2 is 1.93 bits per heavy atom. The number of thioether (sulfide) groups is 1. The Morgan fingerprint density at radius 1 is 1.18 bits per heavy atom. The van der Waals surface area contributed by atoms with Gasteiger partial charge in [0.2, 0.25) is 0 Å². The first kappa shape index (κ1) is 19.3. The van der Waals surface area contributed by atoms with E-state index in [1.54, 1.807) is 18.2 Å². The van der Waals surface area contributed by atoms with Gasteiger partial charge >= 0.3 is 0 Å². The van der Waals surface area contributed by atoms with Crippen molar-refractivity contribution in [3.63, 3.8) is 0 Å². The SMILES string of the molecule is CCOc1ccc(N(Cc2ccccc2F)C2=N[C@@H]3CS(=O)(=O)C[C@H]3S2)cc1. The summed E-state index contributed by atoms with van der Waals surface area (Å²) in [7, 11) is -3.02. The lowest BCUT2D eigenvalue weighted by Gasteiger charge is -2.25. The van der Waals surface area contributed by atoms with Crippen molar-refractivity contribution in [2.24, 2.45) is 4.99 Å². The van der Waals surface area contributed by atoms with Gasteiger partial charge in [-0.3, -0.25) is 4.99 Å². The number of amidine groups is 1. The summed E-state index contributed by atoms with van der Waals surface area (Å²) < 4.78 is 43.5. The summed E-state index contributed by atoms with van der Waals surface area (Å²) in [6.45, 7) is 2.83. The lowest BCUT2D eigenvalue weighted by atomic mass is 10.2. The zero-order valence-corrected chi connectivity index (χ0v) is 17.0. The maximum Gasteiger partial charge on any atom is 0.164 e. The first-order chi connectivity index (χ1) is 13.4. The molecule has 5 nitrogen and oxygen atoms in total. The van der Waals surface area contributed by atoms with Gasteiger partial charge in [-0.25, -0.2) is 12.8 Å². The number of anilines is 1. The Kier molecular flexibility index (Phi) is 5.33. The van der Waals surface area contributed by atoms with Crippen molar-refractivity contribution in [2.75, 3.05) is 23.0 Å². The fourth-order valence-electron chi connectivity index (χ4n) is 3.43. The summed E-state index contributed by atoms with van der Waals surface area (Å²) >= 11 is 1.47. The van der Waals surface area contributed by atoms with E-state index in [0.717, 1.165) is 16.6 Å². The Morgan fingerprint density at radius 3 is 2.61 bits per heavy atom. The average Bonchev–Trinajstić information content (AvgIpc) is 3.15. The minimum Gasteiger partial charge on any atom is -0.494 e. The molecule has 2 atom stereocenters. The van der Waals surface area contributed by atoms with Crippen molar-refractivity contribution in [3.8, 4) is 5.75 Å². The van der Waals surface area contributed by atoms with Crippen LogP contribution in [0.2, 0.25) is 0 Å². The fraction of sp³-hybridized carbons (Fsp3) is 0.350. The smallest absolute Gasteiger partial charge is 0.164 e. The second-order valence-electron chi connectivity index (χ2n) is 6.82. The Balaban J connectivity index is 1.65. The molecular weight excluding hydrogens is 399 g/mol. The van der Waals surface area contributed by atoms with E-state index in [2.05, 4.69) is 4.99 Å². The minimum atomic E-state index is -3.02. The maximum absolute atomic E-state index is 14.3. The molecule has 1 saturated heterocycles. The van der Waals surface area contributed by atoms with Crippen LogP contribution < -0.4 is 9.64 Å². The Hall–Kier alpha value is -2.06. The number of hydrogen-bond donors (Lipinski definition) is 0. The van der Waals surface area contributed by atoms with Gasteiger partial charge in [-0.2, -0.15) is 0 Å². The van der Waals surface area contributed by atoms with E-state index in [1.807, 2.05) is 36.1 Å². The van der Waals surface area contributed by atoms with Crippen molar-refractivity contribution in [1.29, 1.82) is 0 Å². The molecule has 4 rings (SSSR count). The van der Waals surface area contributed by atoms with Crippen molar-refractivity contribution < 1.29 is 17.5 Å². The number of benzene rings is 2. The molecule has 0 unspecified atom stereocenters. The molecule has 2 heterocycles. The molecule has 0 spiro atoms. The van der Waals surface area contributed by atoms with Gasteiger partial charge in [0, 0.05) is 16.5 Å².